The number of fused-ring (bicyclic) bond motifs is 1. The van der Waals surface area contributed by atoms with Gasteiger partial charge in [0.2, 0.25) is 0 Å². The molecule has 5 rings (SSSR count). The van der Waals surface area contributed by atoms with Crippen molar-refractivity contribution < 1.29 is 4.39 Å². The van der Waals surface area contributed by atoms with Gasteiger partial charge in [0.15, 0.2) is 0 Å². The van der Waals surface area contributed by atoms with E-state index in [1.165, 1.54) is 23.8 Å². The van der Waals surface area contributed by atoms with Crippen molar-refractivity contribution >= 4 is 17.4 Å². The lowest BCUT2D eigenvalue weighted by atomic mass is 10.0. The smallest absolute Gasteiger partial charge is 0.148 e. The minimum Gasteiger partial charge on any atom is -0.366 e. The lowest BCUT2D eigenvalue weighted by Crippen LogP contribution is -2.25. The van der Waals surface area contributed by atoms with E-state index >= 15 is 0 Å². The van der Waals surface area contributed by atoms with E-state index in [1.54, 1.807) is 0 Å². The first-order chi connectivity index (χ1) is 14.6. The largest absolute Gasteiger partial charge is 0.366 e. The van der Waals surface area contributed by atoms with Crippen LogP contribution >= 0.6 is 11.6 Å². The number of halogens is 2. The summed E-state index contributed by atoms with van der Waals surface area (Å²) in [5.74, 6) is 1.85. The van der Waals surface area contributed by atoms with Crippen LogP contribution in [0.2, 0.25) is 5.02 Å². The minimum atomic E-state index is -0.339. The molecular formula is C23H23ClFN5. The Hall–Kier alpha value is -2.57. The second-order valence-electron chi connectivity index (χ2n) is 8.32. The van der Waals surface area contributed by atoms with Crippen LogP contribution < -0.4 is 5.32 Å². The van der Waals surface area contributed by atoms with Crippen LogP contribution in [0.1, 0.15) is 18.4 Å². The summed E-state index contributed by atoms with van der Waals surface area (Å²) in [7, 11) is 0. The van der Waals surface area contributed by atoms with Crippen molar-refractivity contribution in [3.8, 4) is 11.3 Å². The lowest BCUT2D eigenvalue weighted by molar-refractivity contribution is 0.300. The molecule has 5 nitrogen and oxygen atoms in total. The Kier molecular flexibility index (Phi) is 5.35. The van der Waals surface area contributed by atoms with Crippen LogP contribution in [-0.2, 0) is 6.54 Å². The number of pyridine rings is 1. The molecule has 154 valence electrons. The molecule has 2 aliphatic rings. The molecule has 1 unspecified atom stereocenters. The second-order valence-corrected chi connectivity index (χ2v) is 8.72. The molecule has 3 aromatic rings. The van der Waals surface area contributed by atoms with Gasteiger partial charge in [0, 0.05) is 43.6 Å². The number of benzene rings is 1. The van der Waals surface area contributed by atoms with Crippen molar-refractivity contribution in [1.29, 1.82) is 0 Å². The van der Waals surface area contributed by atoms with Gasteiger partial charge in [0.05, 0.1) is 10.7 Å². The van der Waals surface area contributed by atoms with E-state index in [9.17, 15) is 4.39 Å². The first-order valence-corrected chi connectivity index (χ1v) is 10.7. The number of rotatable bonds is 5. The summed E-state index contributed by atoms with van der Waals surface area (Å²) in [4.78, 5) is 6.76. The van der Waals surface area contributed by atoms with Crippen molar-refractivity contribution in [1.82, 2.24) is 20.1 Å². The summed E-state index contributed by atoms with van der Waals surface area (Å²) in [5, 5.41) is 12.5. The third-order valence-corrected chi connectivity index (χ3v) is 6.51. The van der Waals surface area contributed by atoms with Gasteiger partial charge in [-0.25, -0.2) is 4.39 Å². The highest BCUT2D eigenvalue weighted by Crippen LogP contribution is 2.39. The van der Waals surface area contributed by atoms with E-state index in [4.69, 9.17) is 11.6 Å². The van der Waals surface area contributed by atoms with Gasteiger partial charge < -0.3 is 5.32 Å². The van der Waals surface area contributed by atoms with E-state index in [0.717, 1.165) is 50.1 Å². The molecule has 1 saturated carbocycles. The molecule has 2 aromatic heterocycles. The van der Waals surface area contributed by atoms with E-state index < -0.39 is 0 Å². The van der Waals surface area contributed by atoms with Gasteiger partial charge in [-0.15, -0.1) is 10.2 Å². The molecule has 2 fully saturated rings. The van der Waals surface area contributed by atoms with Gasteiger partial charge in [0.1, 0.15) is 11.6 Å². The predicted molar refractivity (Wildman–Crippen MR) is 116 cm³/mol. The Bertz CT molecular complexity index is 1000. The maximum atomic E-state index is 13.5. The molecule has 1 aliphatic carbocycles. The highest BCUT2D eigenvalue weighted by molar-refractivity contribution is 6.33. The number of nitrogens with one attached hydrogen (secondary N) is 1. The maximum absolute atomic E-state index is 13.5. The van der Waals surface area contributed by atoms with Crippen molar-refractivity contribution in [2.75, 3.05) is 18.4 Å². The number of anilines is 1. The zero-order valence-corrected chi connectivity index (χ0v) is 17.3. The van der Waals surface area contributed by atoms with Crippen molar-refractivity contribution in [2.24, 2.45) is 11.8 Å². The van der Waals surface area contributed by atoms with Gasteiger partial charge >= 0.3 is 0 Å². The molecule has 30 heavy (non-hydrogen) atoms. The van der Waals surface area contributed by atoms with Gasteiger partial charge in [-0.2, -0.15) is 0 Å². The van der Waals surface area contributed by atoms with Crippen LogP contribution in [0.25, 0.3) is 11.3 Å². The molecule has 1 aromatic carbocycles. The summed E-state index contributed by atoms with van der Waals surface area (Å²) in [6.45, 7) is 3.26. The number of nitrogens with zero attached hydrogens (tertiary/aromatic N) is 4. The fourth-order valence-corrected chi connectivity index (χ4v) is 5.06. The topological polar surface area (TPSA) is 53.9 Å². The SMILES string of the molecule is Fc1ccc(Cl)c(-c2ccc(NC3C[C@@H]4CN(Cc5cccnc5)C[C@@H]4C3)nn2)c1. The molecule has 0 radical (unpaired) electrons. The predicted octanol–water partition coefficient (Wildman–Crippen LogP) is 4.65. The maximum Gasteiger partial charge on any atom is 0.148 e. The quantitative estimate of drug-likeness (QED) is 0.647. The molecule has 0 bridgehead atoms. The van der Waals surface area contributed by atoms with Gasteiger partial charge in [-0.3, -0.25) is 9.88 Å². The Morgan fingerprint density at radius 1 is 1.07 bits per heavy atom. The molecule has 1 aliphatic heterocycles. The standard InChI is InChI=1S/C23H23ClFN5/c24-21-4-3-18(25)10-20(21)22-5-6-23(29-28-22)27-19-8-16-13-30(14-17(16)9-19)12-15-2-1-7-26-11-15/h1-7,10-11,16-17,19H,8-9,12-14H2,(H,27,29)/t16-,17+,19?. The highest BCUT2D eigenvalue weighted by Gasteiger charge is 2.40. The average molecular weight is 424 g/mol. The summed E-state index contributed by atoms with van der Waals surface area (Å²) in [6.07, 6.45) is 6.07. The first kappa shape index (κ1) is 19.4. The van der Waals surface area contributed by atoms with Crippen LogP contribution in [0.4, 0.5) is 10.2 Å². The molecule has 1 saturated heterocycles. The molecular weight excluding hydrogens is 401 g/mol. The van der Waals surface area contributed by atoms with Crippen molar-refractivity contribution in [3.63, 3.8) is 0 Å². The van der Waals surface area contributed by atoms with Crippen LogP contribution in [0, 0.1) is 17.7 Å². The Labute approximate surface area is 180 Å². The lowest BCUT2D eigenvalue weighted by Gasteiger charge is -2.19. The fraction of sp³-hybridized carbons (Fsp3) is 0.348. The molecule has 1 N–H and O–H groups in total. The Balaban J connectivity index is 1.17. The van der Waals surface area contributed by atoms with Gasteiger partial charge in [-0.1, -0.05) is 17.7 Å². The Morgan fingerprint density at radius 2 is 1.90 bits per heavy atom. The van der Waals surface area contributed by atoms with Crippen molar-refractivity contribution in [3.05, 3.63) is 71.3 Å². The third kappa shape index (κ3) is 4.16. The fourth-order valence-electron chi connectivity index (χ4n) is 4.85. The average Bonchev–Trinajstić information content (AvgIpc) is 3.29. The number of hydrogen-bond acceptors (Lipinski definition) is 5. The number of hydrogen-bond donors (Lipinski definition) is 1. The summed E-state index contributed by atoms with van der Waals surface area (Å²) >= 11 is 6.17. The Morgan fingerprint density at radius 3 is 2.60 bits per heavy atom. The van der Waals surface area contributed by atoms with Crippen LogP contribution in [-0.4, -0.2) is 39.2 Å². The molecule has 3 atom stereocenters. The summed E-state index contributed by atoms with van der Waals surface area (Å²) in [6, 6.07) is 12.5. The minimum absolute atomic E-state index is 0.339. The summed E-state index contributed by atoms with van der Waals surface area (Å²) < 4.78 is 13.5. The molecule has 3 heterocycles. The molecule has 7 heteroatoms. The van der Waals surface area contributed by atoms with E-state index in [2.05, 4.69) is 31.5 Å². The van der Waals surface area contributed by atoms with Crippen LogP contribution in [0.3, 0.4) is 0 Å². The normalized spacial score (nSPS) is 23.5. The van der Waals surface area contributed by atoms with E-state index in [-0.39, 0.29) is 5.82 Å². The molecule has 0 spiro atoms. The van der Waals surface area contributed by atoms with Crippen LogP contribution in [0.15, 0.2) is 54.9 Å². The highest BCUT2D eigenvalue weighted by atomic mass is 35.5. The monoisotopic (exact) mass is 423 g/mol. The zero-order valence-electron chi connectivity index (χ0n) is 16.5. The van der Waals surface area contributed by atoms with Gasteiger partial charge in [0.25, 0.3) is 0 Å². The number of aromatic nitrogens is 3. The molecule has 0 amide bonds. The second kappa shape index (κ2) is 8.28. The third-order valence-electron chi connectivity index (χ3n) is 6.18. The van der Waals surface area contributed by atoms with E-state index in [1.807, 2.05) is 30.6 Å². The summed E-state index contributed by atoms with van der Waals surface area (Å²) in [5.41, 5.74) is 2.40. The first-order valence-electron chi connectivity index (χ1n) is 10.3. The van der Waals surface area contributed by atoms with Crippen molar-refractivity contribution in [2.45, 2.75) is 25.4 Å². The van der Waals surface area contributed by atoms with E-state index in [0.29, 0.717) is 22.3 Å². The number of likely N-dealkylation sites (tertiary alicyclic amines) is 1. The van der Waals surface area contributed by atoms with Crippen LogP contribution in [0.5, 0.6) is 0 Å². The zero-order chi connectivity index (χ0) is 20.5. The van der Waals surface area contributed by atoms with Gasteiger partial charge in [-0.05, 0) is 66.6 Å².